The van der Waals surface area contributed by atoms with Gasteiger partial charge in [-0.15, -0.1) is 6.42 Å². The van der Waals surface area contributed by atoms with Crippen LogP contribution in [0.15, 0.2) is 12.1 Å². The van der Waals surface area contributed by atoms with Crippen LogP contribution in [-0.2, 0) is 6.42 Å². The monoisotopic (exact) mass is 310 g/mol. The molecule has 23 heavy (non-hydrogen) atoms. The zero-order chi connectivity index (χ0) is 16.4. The quantitative estimate of drug-likeness (QED) is 0.713. The number of phenolic OH excluding ortho intramolecular Hbond substituents is 1. The summed E-state index contributed by atoms with van der Waals surface area (Å²) in [6.07, 6.45) is 11.8. The number of benzene rings is 1. The summed E-state index contributed by atoms with van der Waals surface area (Å²) < 4.78 is 0. The van der Waals surface area contributed by atoms with Crippen LogP contribution in [0.2, 0.25) is 0 Å². The Kier molecular flexibility index (Phi) is 3.13. The van der Waals surface area contributed by atoms with Crippen LogP contribution < -0.4 is 0 Å². The SMILES string of the molecule is C#C[C@]1(O)CC[C@H]2[C@@H]3CCc4cc(O)cc(C)c4[C@H]3CCC21C. The Morgan fingerprint density at radius 1 is 1.22 bits per heavy atom. The second-order valence-electron chi connectivity index (χ2n) is 8.25. The predicted octanol–water partition coefficient (Wildman–Crippen LogP) is 3.92. The van der Waals surface area contributed by atoms with E-state index in [2.05, 4.69) is 19.8 Å². The lowest BCUT2D eigenvalue weighted by molar-refractivity contribution is -0.0647. The molecule has 2 nitrogen and oxygen atoms in total. The Morgan fingerprint density at radius 3 is 2.74 bits per heavy atom. The van der Waals surface area contributed by atoms with Gasteiger partial charge < -0.3 is 10.2 Å². The molecule has 0 aromatic heterocycles. The van der Waals surface area contributed by atoms with Crippen molar-refractivity contribution >= 4 is 0 Å². The summed E-state index contributed by atoms with van der Waals surface area (Å²) >= 11 is 0. The molecule has 2 saturated carbocycles. The summed E-state index contributed by atoms with van der Waals surface area (Å²) in [4.78, 5) is 0. The van der Waals surface area contributed by atoms with E-state index >= 15 is 0 Å². The van der Waals surface area contributed by atoms with E-state index in [9.17, 15) is 10.2 Å². The van der Waals surface area contributed by atoms with Crippen LogP contribution >= 0.6 is 0 Å². The average Bonchev–Trinajstić information content (AvgIpc) is 2.79. The average molecular weight is 310 g/mol. The summed E-state index contributed by atoms with van der Waals surface area (Å²) in [5, 5.41) is 20.9. The van der Waals surface area contributed by atoms with E-state index in [1.165, 1.54) is 16.7 Å². The lowest BCUT2D eigenvalue weighted by atomic mass is 9.53. The smallest absolute Gasteiger partial charge is 0.130 e. The van der Waals surface area contributed by atoms with Gasteiger partial charge in [0.15, 0.2) is 0 Å². The number of fused-ring (bicyclic) bond motifs is 5. The first-order valence-corrected chi connectivity index (χ1v) is 8.92. The lowest BCUT2D eigenvalue weighted by Crippen LogP contribution is -2.50. The van der Waals surface area contributed by atoms with Crippen LogP contribution in [-0.4, -0.2) is 15.8 Å². The van der Waals surface area contributed by atoms with Gasteiger partial charge in [-0.05, 0) is 92.0 Å². The Balaban J connectivity index is 1.75. The maximum atomic E-state index is 11.0. The molecule has 2 heteroatoms. The van der Waals surface area contributed by atoms with Gasteiger partial charge in [0.25, 0.3) is 0 Å². The zero-order valence-electron chi connectivity index (χ0n) is 14.1. The fraction of sp³-hybridized carbons (Fsp3) is 0.619. The summed E-state index contributed by atoms with van der Waals surface area (Å²) in [6.45, 7) is 4.35. The highest BCUT2D eigenvalue weighted by atomic mass is 16.3. The molecule has 122 valence electrons. The maximum Gasteiger partial charge on any atom is 0.130 e. The molecule has 3 aliphatic carbocycles. The Morgan fingerprint density at radius 2 is 2.00 bits per heavy atom. The third kappa shape index (κ3) is 1.86. The van der Waals surface area contributed by atoms with Crippen molar-refractivity contribution in [2.75, 3.05) is 0 Å². The molecule has 3 aliphatic rings. The van der Waals surface area contributed by atoms with Crippen LogP contribution in [0.25, 0.3) is 0 Å². The van der Waals surface area contributed by atoms with Gasteiger partial charge >= 0.3 is 0 Å². The second kappa shape index (κ2) is 4.77. The van der Waals surface area contributed by atoms with Crippen molar-refractivity contribution in [1.29, 1.82) is 0 Å². The number of aryl methyl sites for hydroxylation is 2. The number of hydrogen-bond acceptors (Lipinski definition) is 2. The first kappa shape index (κ1) is 15.1. The van der Waals surface area contributed by atoms with E-state index in [-0.39, 0.29) is 5.41 Å². The van der Waals surface area contributed by atoms with Crippen molar-refractivity contribution in [2.24, 2.45) is 17.3 Å². The fourth-order valence-electron chi connectivity index (χ4n) is 6.21. The first-order valence-electron chi connectivity index (χ1n) is 8.92. The maximum absolute atomic E-state index is 11.0. The van der Waals surface area contributed by atoms with Crippen LogP contribution in [0.4, 0.5) is 0 Å². The van der Waals surface area contributed by atoms with Gasteiger partial charge in [0.05, 0.1) is 0 Å². The van der Waals surface area contributed by atoms with Gasteiger partial charge in [-0.2, -0.15) is 0 Å². The zero-order valence-corrected chi connectivity index (χ0v) is 14.1. The highest BCUT2D eigenvalue weighted by Crippen LogP contribution is 2.64. The number of aliphatic hydroxyl groups is 1. The van der Waals surface area contributed by atoms with E-state index in [1.54, 1.807) is 0 Å². The molecular weight excluding hydrogens is 284 g/mol. The lowest BCUT2D eigenvalue weighted by Gasteiger charge is -2.52. The van der Waals surface area contributed by atoms with Gasteiger partial charge in [-0.25, -0.2) is 0 Å². The molecule has 2 fully saturated rings. The number of hydrogen-bond donors (Lipinski definition) is 2. The molecule has 0 saturated heterocycles. The Labute approximate surface area is 138 Å². The largest absolute Gasteiger partial charge is 0.508 e. The minimum atomic E-state index is -0.924. The van der Waals surface area contributed by atoms with Crippen molar-refractivity contribution in [3.63, 3.8) is 0 Å². The molecule has 0 aliphatic heterocycles. The first-order chi connectivity index (χ1) is 10.9. The van der Waals surface area contributed by atoms with Crippen LogP contribution in [0.3, 0.4) is 0 Å². The van der Waals surface area contributed by atoms with Crippen molar-refractivity contribution in [3.8, 4) is 18.1 Å². The molecule has 1 aromatic carbocycles. The molecule has 5 atom stereocenters. The van der Waals surface area contributed by atoms with Crippen LogP contribution in [0.5, 0.6) is 5.75 Å². The minimum Gasteiger partial charge on any atom is -0.508 e. The molecule has 0 amide bonds. The van der Waals surface area contributed by atoms with E-state index in [0.29, 0.717) is 23.5 Å². The molecule has 0 spiro atoms. The molecule has 1 aromatic rings. The van der Waals surface area contributed by atoms with Crippen molar-refractivity contribution in [1.82, 2.24) is 0 Å². The number of terminal acetylenes is 1. The third-order valence-electron chi connectivity index (χ3n) is 7.40. The summed E-state index contributed by atoms with van der Waals surface area (Å²) in [5.74, 6) is 4.83. The van der Waals surface area contributed by atoms with E-state index in [4.69, 9.17) is 6.42 Å². The summed E-state index contributed by atoms with van der Waals surface area (Å²) in [6, 6.07) is 3.86. The highest BCUT2D eigenvalue weighted by molar-refractivity contribution is 5.46. The van der Waals surface area contributed by atoms with Crippen LogP contribution in [0, 0.1) is 36.5 Å². The predicted molar refractivity (Wildman–Crippen MR) is 91.2 cm³/mol. The summed E-state index contributed by atoms with van der Waals surface area (Å²) in [7, 11) is 0. The van der Waals surface area contributed by atoms with Gasteiger partial charge in [-0.1, -0.05) is 12.8 Å². The second-order valence-corrected chi connectivity index (χ2v) is 8.25. The molecular formula is C21H26O2. The molecule has 0 heterocycles. The van der Waals surface area contributed by atoms with E-state index < -0.39 is 5.60 Å². The molecule has 1 unspecified atom stereocenters. The van der Waals surface area contributed by atoms with Gasteiger partial charge in [-0.3, -0.25) is 0 Å². The normalized spacial score (nSPS) is 41.6. The fourth-order valence-corrected chi connectivity index (χ4v) is 6.21. The third-order valence-corrected chi connectivity index (χ3v) is 7.40. The Hall–Kier alpha value is -1.46. The Bertz CT molecular complexity index is 701. The standard InChI is InChI=1S/C21H26O2/c1-4-21(23)10-8-18-16-6-5-14-12-15(22)11-13(2)19(14)17(16)7-9-20(18,21)3/h1,11-12,16-18,22-23H,5-10H2,2-3H3/t16-,17+,18+,20?,21+/m1/s1. The topological polar surface area (TPSA) is 40.5 Å². The minimum absolute atomic E-state index is 0.134. The van der Waals surface area contributed by atoms with E-state index in [0.717, 1.165) is 38.5 Å². The van der Waals surface area contributed by atoms with Crippen LogP contribution in [0.1, 0.15) is 61.6 Å². The number of rotatable bonds is 0. The van der Waals surface area contributed by atoms with Crippen molar-refractivity contribution in [3.05, 3.63) is 28.8 Å². The molecule has 2 N–H and O–H groups in total. The van der Waals surface area contributed by atoms with Gasteiger partial charge in [0.2, 0.25) is 0 Å². The van der Waals surface area contributed by atoms with E-state index in [1.807, 2.05) is 12.1 Å². The van der Waals surface area contributed by atoms with Gasteiger partial charge in [0, 0.05) is 5.41 Å². The van der Waals surface area contributed by atoms with Gasteiger partial charge in [0.1, 0.15) is 11.4 Å². The molecule has 0 bridgehead atoms. The molecule has 0 radical (unpaired) electrons. The highest BCUT2D eigenvalue weighted by Gasteiger charge is 2.61. The number of aromatic hydroxyl groups is 1. The van der Waals surface area contributed by atoms with Crippen molar-refractivity contribution < 1.29 is 10.2 Å². The summed E-state index contributed by atoms with van der Waals surface area (Å²) in [5.41, 5.74) is 2.97. The molecule has 4 rings (SSSR count). The number of phenols is 1. The van der Waals surface area contributed by atoms with Crippen molar-refractivity contribution in [2.45, 2.75) is 63.9 Å².